The number of rotatable bonds is 6. The monoisotopic (exact) mass is 379 g/mol. The van der Waals surface area contributed by atoms with E-state index in [4.69, 9.17) is 9.47 Å². The maximum atomic E-state index is 12.1. The number of imidazole rings is 1. The molecule has 0 unspecified atom stereocenters. The van der Waals surface area contributed by atoms with E-state index in [1.54, 1.807) is 32.2 Å². The summed E-state index contributed by atoms with van der Waals surface area (Å²) >= 11 is 0. The first-order chi connectivity index (χ1) is 13.5. The van der Waals surface area contributed by atoms with Gasteiger partial charge in [0.05, 0.1) is 35.2 Å². The zero-order chi connectivity index (χ0) is 20.3. The van der Waals surface area contributed by atoms with Gasteiger partial charge in [0.25, 0.3) is 5.69 Å². The van der Waals surface area contributed by atoms with Gasteiger partial charge in [0.2, 0.25) is 0 Å². The number of H-pyrrole nitrogens is 1. The number of methoxy groups -OCH3 is 1. The number of fused-ring (bicyclic) bond motifs is 1. The summed E-state index contributed by atoms with van der Waals surface area (Å²) in [5.41, 5.74) is 1.11. The SMILES string of the molecule is CCOc1cc(/C=C(/C#N)c2nc3ccc(OC)cc3[nH]2)cc([N+](=O)[O-])c1[O-]. The lowest BCUT2D eigenvalue weighted by Gasteiger charge is -2.14. The molecule has 3 rings (SSSR count). The number of hydrogen-bond donors (Lipinski definition) is 1. The molecule has 0 amide bonds. The third-order valence-electron chi connectivity index (χ3n) is 3.93. The van der Waals surface area contributed by atoms with E-state index in [9.17, 15) is 20.5 Å². The Kier molecular flexibility index (Phi) is 5.13. The van der Waals surface area contributed by atoms with Gasteiger partial charge in [0, 0.05) is 17.9 Å². The molecule has 1 aromatic heterocycles. The lowest BCUT2D eigenvalue weighted by atomic mass is 10.1. The van der Waals surface area contributed by atoms with Crippen molar-refractivity contribution in [3.63, 3.8) is 0 Å². The second-order valence-corrected chi connectivity index (χ2v) is 5.70. The van der Waals surface area contributed by atoms with Crippen LogP contribution in [0.3, 0.4) is 0 Å². The number of nitrogens with one attached hydrogen (secondary N) is 1. The van der Waals surface area contributed by atoms with E-state index in [1.165, 1.54) is 12.1 Å². The minimum atomic E-state index is -0.807. The first-order valence-corrected chi connectivity index (χ1v) is 8.25. The predicted octanol–water partition coefficient (Wildman–Crippen LogP) is 3.02. The highest BCUT2D eigenvalue weighted by atomic mass is 16.6. The van der Waals surface area contributed by atoms with Gasteiger partial charge in [-0.2, -0.15) is 5.26 Å². The summed E-state index contributed by atoms with van der Waals surface area (Å²) in [4.78, 5) is 17.8. The summed E-state index contributed by atoms with van der Waals surface area (Å²) in [6, 6.07) is 9.71. The summed E-state index contributed by atoms with van der Waals surface area (Å²) < 4.78 is 10.4. The second kappa shape index (κ2) is 7.67. The van der Waals surface area contributed by atoms with Crippen molar-refractivity contribution >= 4 is 28.4 Å². The highest BCUT2D eigenvalue weighted by Crippen LogP contribution is 2.36. The van der Waals surface area contributed by atoms with Crippen LogP contribution in [0.1, 0.15) is 18.3 Å². The number of nitriles is 1. The molecule has 0 saturated heterocycles. The standard InChI is InChI=1S/C19H16N4O5/c1-3-28-17-8-11(7-16(18(17)24)23(25)26)6-12(10-20)19-21-14-5-4-13(27-2)9-15(14)22-19/h4-9,24H,3H2,1-2H3,(H,21,22)/p-1/b12-6-. The van der Waals surface area contributed by atoms with Gasteiger partial charge in [-0.05, 0) is 36.8 Å². The molecule has 0 fully saturated rings. The molecule has 1 heterocycles. The first kappa shape index (κ1) is 18.7. The quantitative estimate of drug-likeness (QED) is 0.395. The Morgan fingerprint density at radius 3 is 2.82 bits per heavy atom. The molecule has 142 valence electrons. The Balaban J connectivity index is 2.10. The average Bonchev–Trinajstić information content (AvgIpc) is 3.11. The van der Waals surface area contributed by atoms with E-state index < -0.39 is 16.4 Å². The summed E-state index contributed by atoms with van der Waals surface area (Å²) in [5, 5.41) is 32.8. The predicted molar refractivity (Wildman–Crippen MR) is 99.8 cm³/mol. The van der Waals surface area contributed by atoms with E-state index in [-0.39, 0.29) is 29.3 Å². The number of nitro groups is 1. The van der Waals surface area contributed by atoms with Crippen LogP contribution in [0.4, 0.5) is 5.69 Å². The van der Waals surface area contributed by atoms with Crippen LogP contribution in [0.2, 0.25) is 0 Å². The van der Waals surface area contributed by atoms with Crippen molar-refractivity contribution in [2.45, 2.75) is 6.92 Å². The van der Waals surface area contributed by atoms with Gasteiger partial charge in [0.1, 0.15) is 23.4 Å². The van der Waals surface area contributed by atoms with Crippen molar-refractivity contribution in [3.05, 3.63) is 51.8 Å². The third kappa shape index (κ3) is 3.57. The average molecular weight is 379 g/mol. The fourth-order valence-corrected chi connectivity index (χ4v) is 2.65. The van der Waals surface area contributed by atoms with E-state index in [2.05, 4.69) is 9.97 Å². The molecule has 0 aliphatic heterocycles. The first-order valence-electron chi connectivity index (χ1n) is 8.25. The molecule has 1 N–H and O–H groups in total. The second-order valence-electron chi connectivity index (χ2n) is 5.70. The minimum absolute atomic E-state index is 0.144. The summed E-state index contributed by atoms with van der Waals surface area (Å²) in [5.74, 6) is -0.0290. The zero-order valence-electron chi connectivity index (χ0n) is 15.1. The highest BCUT2D eigenvalue weighted by Gasteiger charge is 2.15. The zero-order valence-corrected chi connectivity index (χ0v) is 15.1. The number of allylic oxidation sites excluding steroid dienone is 1. The third-order valence-corrected chi connectivity index (χ3v) is 3.93. The Labute approximate surface area is 159 Å². The van der Waals surface area contributed by atoms with Gasteiger partial charge in [-0.3, -0.25) is 10.1 Å². The minimum Gasteiger partial charge on any atom is -0.865 e. The molecule has 0 aliphatic carbocycles. The Hall–Kier alpha value is -4.06. The van der Waals surface area contributed by atoms with Crippen molar-refractivity contribution in [2.75, 3.05) is 13.7 Å². The topological polar surface area (TPSA) is 137 Å². The van der Waals surface area contributed by atoms with Crippen LogP contribution >= 0.6 is 0 Å². The van der Waals surface area contributed by atoms with E-state index in [0.29, 0.717) is 16.8 Å². The molecular weight excluding hydrogens is 364 g/mol. The van der Waals surface area contributed by atoms with Crippen LogP contribution in [-0.2, 0) is 0 Å². The van der Waals surface area contributed by atoms with Crippen molar-refractivity contribution in [3.8, 4) is 23.3 Å². The Morgan fingerprint density at radius 2 is 2.18 bits per heavy atom. The summed E-state index contributed by atoms with van der Waals surface area (Å²) in [6.45, 7) is 1.84. The van der Waals surface area contributed by atoms with Gasteiger partial charge in [-0.15, -0.1) is 0 Å². The number of hydrogen-bond acceptors (Lipinski definition) is 7. The maximum absolute atomic E-state index is 12.1. The smallest absolute Gasteiger partial charge is 0.266 e. The number of ether oxygens (including phenoxy) is 2. The molecule has 0 bridgehead atoms. The molecule has 2 aromatic carbocycles. The molecule has 9 nitrogen and oxygen atoms in total. The number of nitrogens with zero attached hydrogens (tertiary/aromatic N) is 3. The van der Waals surface area contributed by atoms with Crippen LogP contribution in [-0.4, -0.2) is 28.6 Å². The van der Waals surface area contributed by atoms with Gasteiger partial charge in [-0.25, -0.2) is 4.98 Å². The molecule has 9 heteroatoms. The number of aromatic nitrogens is 2. The molecule has 0 saturated carbocycles. The van der Waals surface area contributed by atoms with Gasteiger partial charge in [-0.1, -0.05) is 0 Å². The van der Waals surface area contributed by atoms with Gasteiger partial charge in [0.15, 0.2) is 0 Å². The maximum Gasteiger partial charge on any atom is 0.266 e. The number of aromatic amines is 1. The lowest BCUT2D eigenvalue weighted by molar-refractivity contribution is -0.398. The van der Waals surface area contributed by atoms with Crippen molar-refractivity contribution in [2.24, 2.45) is 0 Å². The molecule has 3 aromatic rings. The Bertz CT molecular complexity index is 1130. The van der Waals surface area contributed by atoms with Crippen molar-refractivity contribution in [1.82, 2.24) is 9.97 Å². The number of benzene rings is 2. The molecule has 0 radical (unpaired) electrons. The fraction of sp³-hybridized carbons (Fsp3) is 0.158. The number of nitro benzene ring substituents is 1. The summed E-state index contributed by atoms with van der Waals surface area (Å²) in [6.07, 6.45) is 1.41. The Morgan fingerprint density at radius 1 is 1.39 bits per heavy atom. The van der Waals surface area contributed by atoms with Crippen LogP contribution in [0.5, 0.6) is 17.2 Å². The normalized spacial score (nSPS) is 11.2. The molecular formula is C19H15N4O5-. The molecule has 0 spiro atoms. The fourth-order valence-electron chi connectivity index (χ4n) is 2.65. The van der Waals surface area contributed by atoms with E-state index in [0.717, 1.165) is 6.07 Å². The van der Waals surface area contributed by atoms with Crippen molar-refractivity contribution < 1.29 is 19.5 Å². The van der Waals surface area contributed by atoms with Crippen LogP contribution < -0.4 is 14.6 Å². The van der Waals surface area contributed by atoms with Crippen LogP contribution in [0.25, 0.3) is 22.7 Å². The lowest BCUT2D eigenvalue weighted by Crippen LogP contribution is -2.03. The van der Waals surface area contributed by atoms with Gasteiger partial charge >= 0.3 is 0 Å². The largest absolute Gasteiger partial charge is 0.865 e. The van der Waals surface area contributed by atoms with E-state index in [1.807, 2.05) is 6.07 Å². The van der Waals surface area contributed by atoms with E-state index >= 15 is 0 Å². The molecule has 0 atom stereocenters. The summed E-state index contributed by atoms with van der Waals surface area (Å²) in [7, 11) is 1.54. The van der Waals surface area contributed by atoms with Crippen molar-refractivity contribution in [1.29, 1.82) is 5.26 Å². The van der Waals surface area contributed by atoms with Crippen LogP contribution in [0.15, 0.2) is 30.3 Å². The van der Waals surface area contributed by atoms with Gasteiger partial charge < -0.3 is 19.6 Å². The highest BCUT2D eigenvalue weighted by molar-refractivity contribution is 5.91. The molecule has 0 aliphatic rings. The van der Waals surface area contributed by atoms with Crippen LogP contribution in [0, 0.1) is 21.4 Å². The molecule has 28 heavy (non-hydrogen) atoms.